The highest BCUT2D eigenvalue weighted by Crippen LogP contribution is 2.41. The molecule has 2 fully saturated rings. The van der Waals surface area contributed by atoms with Crippen LogP contribution in [-0.4, -0.2) is 66.9 Å². The molecule has 1 saturated heterocycles. The summed E-state index contributed by atoms with van der Waals surface area (Å²) in [5, 5.41) is 0. The van der Waals surface area contributed by atoms with Crippen LogP contribution in [0.4, 0.5) is 0 Å². The zero-order valence-corrected chi connectivity index (χ0v) is 16.7. The highest BCUT2D eigenvalue weighted by atomic mass is 79.9. The minimum atomic E-state index is -0.580. The second-order valence-electron chi connectivity index (χ2n) is 7.26. The molecule has 6 heteroatoms. The summed E-state index contributed by atoms with van der Waals surface area (Å²) in [5.41, 5.74) is 0.710. The Morgan fingerprint density at radius 1 is 1.19 bits per heavy atom. The van der Waals surface area contributed by atoms with E-state index in [1.54, 1.807) is 0 Å². The van der Waals surface area contributed by atoms with E-state index in [0.29, 0.717) is 18.8 Å². The van der Waals surface area contributed by atoms with Crippen LogP contribution < -0.4 is 0 Å². The van der Waals surface area contributed by atoms with Crippen LogP contribution in [-0.2, 0) is 9.47 Å². The number of nitrogens with zero attached hydrogens (tertiary/aromatic N) is 2. The van der Waals surface area contributed by atoms with E-state index in [9.17, 15) is 4.79 Å². The summed E-state index contributed by atoms with van der Waals surface area (Å²) in [6.07, 6.45) is 7.23. The minimum absolute atomic E-state index is 0.0507. The zero-order valence-electron chi connectivity index (χ0n) is 15.1. The fraction of sp³-hybridized carbons (Fsp3) is 0.550. The van der Waals surface area contributed by atoms with Crippen LogP contribution in [0.15, 0.2) is 40.9 Å². The van der Waals surface area contributed by atoms with E-state index in [4.69, 9.17) is 9.47 Å². The number of ether oxygens (including phenoxy) is 2. The normalized spacial score (nSPS) is 27.9. The highest BCUT2D eigenvalue weighted by Gasteiger charge is 2.54. The Balaban J connectivity index is 1.61. The van der Waals surface area contributed by atoms with Crippen LogP contribution in [0.25, 0.3) is 0 Å². The van der Waals surface area contributed by atoms with Crippen molar-refractivity contribution in [2.75, 3.05) is 33.4 Å². The Morgan fingerprint density at radius 2 is 1.85 bits per heavy atom. The minimum Gasteiger partial charge on any atom is -0.346 e. The molecular weight excluding hydrogens is 396 g/mol. The molecule has 4 rings (SSSR count). The molecule has 1 aromatic carbocycles. The SMILES string of the molecule is CN(C(=O)c1ccc(Br)cc1)[C@H]1CCCC2(OCCO2)[C@@H]1N1CC=CC1. The summed E-state index contributed by atoms with van der Waals surface area (Å²) in [6, 6.07) is 7.69. The summed E-state index contributed by atoms with van der Waals surface area (Å²) in [5.74, 6) is -0.530. The van der Waals surface area contributed by atoms with Crippen molar-refractivity contribution in [2.45, 2.75) is 37.1 Å². The van der Waals surface area contributed by atoms with Crippen LogP contribution in [0, 0.1) is 0 Å². The number of benzene rings is 1. The Kier molecular flexibility index (Phi) is 5.19. The fourth-order valence-corrected chi connectivity index (χ4v) is 4.80. The lowest BCUT2D eigenvalue weighted by atomic mass is 9.82. The lowest BCUT2D eigenvalue weighted by molar-refractivity contribution is -0.227. The molecular formula is C20H25BrN2O3. The summed E-state index contributed by atoms with van der Waals surface area (Å²) in [4.78, 5) is 17.4. The summed E-state index contributed by atoms with van der Waals surface area (Å²) in [6.45, 7) is 3.04. The third-order valence-corrected chi connectivity index (χ3v) is 6.29. The molecule has 0 aromatic heterocycles. The maximum Gasteiger partial charge on any atom is 0.253 e. The maximum absolute atomic E-state index is 13.1. The van der Waals surface area contributed by atoms with Gasteiger partial charge in [-0.05, 0) is 37.1 Å². The van der Waals surface area contributed by atoms with Crippen LogP contribution in [0.1, 0.15) is 29.6 Å². The fourth-order valence-electron chi connectivity index (χ4n) is 4.54. The number of hydrogen-bond donors (Lipinski definition) is 0. The Labute approximate surface area is 163 Å². The molecule has 2 heterocycles. The van der Waals surface area contributed by atoms with Crippen molar-refractivity contribution in [3.05, 3.63) is 46.5 Å². The highest BCUT2D eigenvalue weighted by molar-refractivity contribution is 9.10. The molecule has 140 valence electrons. The van der Waals surface area contributed by atoms with Gasteiger partial charge in [-0.25, -0.2) is 0 Å². The van der Waals surface area contributed by atoms with E-state index in [0.717, 1.165) is 36.8 Å². The van der Waals surface area contributed by atoms with Crippen molar-refractivity contribution >= 4 is 21.8 Å². The molecule has 0 bridgehead atoms. The number of halogens is 1. The predicted octanol–water partition coefficient (Wildman–Crippen LogP) is 3.06. The molecule has 3 aliphatic rings. The van der Waals surface area contributed by atoms with Crippen LogP contribution >= 0.6 is 15.9 Å². The quantitative estimate of drug-likeness (QED) is 0.704. The van der Waals surface area contributed by atoms with E-state index in [1.165, 1.54) is 0 Å². The van der Waals surface area contributed by atoms with Gasteiger partial charge < -0.3 is 14.4 Å². The first-order chi connectivity index (χ1) is 12.6. The zero-order chi connectivity index (χ0) is 18.1. The average Bonchev–Trinajstić information content (AvgIpc) is 3.34. The molecule has 2 aliphatic heterocycles. The summed E-state index contributed by atoms with van der Waals surface area (Å²) in [7, 11) is 1.92. The number of rotatable bonds is 3. The lowest BCUT2D eigenvalue weighted by Crippen LogP contribution is -2.65. The first-order valence-corrected chi connectivity index (χ1v) is 10.1. The second kappa shape index (κ2) is 7.43. The number of likely N-dealkylation sites (N-methyl/N-ethyl adjacent to an activating group) is 1. The third kappa shape index (κ3) is 3.24. The number of hydrogen-bond acceptors (Lipinski definition) is 4. The second-order valence-corrected chi connectivity index (χ2v) is 8.18. The van der Waals surface area contributed by atoms with E-state index >= 15 is 0 Å². The predicted molar refractivity (Wildman–Crippen MR) is 103 cm³/mol. The molecule has 1 aromatic rings. The average molecular weight is 421 g/mol. The smallest absolute Gasteiger partial charge is 0.253 e. The summed E-state index contributed by atoms with van der Waals surface area (Å²) < 4.78 is 13.3. The summed E-state index contributed by atoms with van der Waals surface area (Å²) >= 11 is 3.43. The molecule has 0 radical (unpaired) electrons. The van der Waals surface area contributed by atoms with Gasteiger partial charge in [0.05, 0.1) is 25.3 Å². The monoisotopic (exact) mass is 420 g/mol. The topological polar surface area (TPSA) is 42.0 Å². The Bertz CT molecular complexity index is 677. The Hall–Kier alpha value is -1.21. The standard InChI is InChI=1S/C20H25BrN2O3/c1-22(19(24)15-6-8-16(21)9-7-15)17-5-4-10-20(25-13-14-26-20)18(17)23-11-2-3-12-23/h2-3,6-9,17-18H,4-5,10-14H2,1H3/t17-,18+/m0/s1. The van der Waals surface area contributed by atoms with Crippen LogP contribution in [0.2, 0.25) is 0 Å². The third-order valence-electron chi connectivity index (χ3n) is 5.77. The van der Waals surface area contributed by atoms with E-state index < -0.39 is 5.79 Å². The Morgan fingerprint density at radius 3 is 2.50 bits per heavy atom. The first kappa shape index (κ1) is 18.2. The number of amides is 1. The molecule has 26 heavy (non-hydrogen) atoms. The molecule has 0 unspecified atom stereocenters. The van der Waals surface area contributed by atoms with Crippen molar-refractivity contribution < 1.29 is 14.3 Å². The van der Waals surface area contributed by atoms with Gasteiger partial charge in [-0.2, -0.15) is 0 Å². The van der Waals surface area contributed by atoms with Gasteiger partial charge in [0, 0.05) is 36.6 Å². The molecule has 1 amide bonds. The van der Waals surface area contributed by atoms with Crippen LogP contribution in [0.5, 0.6) is 0 Å². The molecule has 1 saturated carbocycles. The van der Waals surface area contributed by atoms with Gasteiger partial charge in [0.2, 0.25) is 0 Å². The molecule has 1 spiro atoms. The van der Waals surface area contributed by atoms with Crippen molar-refractivity contribution in [3.8, 4) is 0 Å². The first-order valence-electron chi connectivity index (χ1n) is 9.30. The largest absolute Gasteiger partial charge is 0.346 e. The lowest BCUT2D eigenvalue weighted by Gasteiger charge is -2.50. The number of carbonyl (C=O) groups excluding carboxylic acids is 1. The van der Waals surface area contributed by atoms with E-state index in [-0.39, 0.29) is 18.0 Å². The van der Waals surface area contributed by atoms with Gasteiger partial charge in [0.15, 0.2) is 5.79 Å². The van der Waals surface area contributed by atoms with Gasteiger partial charge in [0.1, 0.15) is 0 Å². The van der Waals surface area contributed by atoms with Gasteiger partial charge >= 0.3 is 0 Å². The van der Waals surface area contributed by atoms with Crippen molar-refractivity contribution in [3.63, 3.8) is 0 Å². The molecule has 2 atom stereocenters. The van der Waals surface area contributed by atoms with Gasteiger partial charge in [-0.1, -0.05) is 28.1 Å². The molecule has 5 nitrogen and oxygen atoms in total. The van der Waals surface area contributed by atoms with Crippen molar-refractivity contribution in [2.24, 2.45) is 0 Å². The maximum atomic E-state index is 13.1. The van der Waals surface area contributed by atoms with E-state index in [2.05, 4.69) is 33.0 Å². The van der Waals surface area contributed by atoms with Crippen molar-refractivity contribution in [1.82, 2.24) is 9.80 Å². The molecule has 0 N–H and O–H groups in total. The van der Waals surface area contributed by atoms with Gasteiger partial charge in [-0.15, -0.1) is 0 Å². The number of carbonyl (C=O) groups is 1. The van der Waals surface area contributed by atoms with Gasteiger partial charge in [0.25, 0.3) is 5.91 Å². The molecule has 1 aliphatic carbocycles. The van der Waals surface area contributed by atoms with Gasteiger partial charge in [-0.3, -0.25) is 9.69 Å². The van der Waals surface area contributed by atoms with Crippen molar-refractivity contribution in [1.29, 1.82) is 0 Å². The van der Waals surface area contributed by atoms with E-state index in [1.807, 2.05) is 36.2 Å². The van der Waals surface area contributed by atoms with Crippen LogP contribution in [0.3, 0.4) is 0 Å².